The highest BCUT2D eigenvalue weighted by molar-refractivity contribution is 6.06. The summed E-state index contributed by atoms with van der Waals surface area (Å²) in [6, 6.07) is 9.96. The SMILES string of the molecule is COc1ccc2cc(C)c(CO)c3c2c1OCc1c-3ccc2c1OCO2. The number of hydrogen-bond acceptors (Lipinski definition) is 5. The van der Waals surface area contributed by atoms with Gasteiger partial charge in [0.05, 0.1) is 13.7 Å². The van der Waals surface area contributed by atoms with E-state index in [1.54, 1.807) is 7.11 Å². The summed E-state index contributed by atoms with van der Waals surface area (Å²) in [7, 11) is 1.63. The number of fused-ring (bicyclic) bond motifs is 4. The van der Waals surface area contributed by atoms with Gasteiger partial charge in [-0.3, -0.25) is 0 Å². The summed E-state index contributed by atoms with van der Waals surface area (Å²) < 4.78 is 23.0. The molecule has 3 aromatic carbocycles. The van der Waals surface area contributed by atoms with Crippen LogP contribution < -0.4 is 18.9 Å². The van der Waals surface area contributed by atoms with E-state index in [0.717, 1.165) is 44.3 Å². The number of methoxy groups -OCH3 is 1. The maximum atomic E-state index is 10.1. The molecule has 0 radical (unpaired) electrons. The van der Waals surface area contributed by atoms with Gasteiger partial charge < -0.3 is 24.1 Å². The zero-order valence-electron chi connectivity index (χ0n) is 14.6. The van der Waals surface area contributed by atoms with Gasteiger partial charge in [0, 0.05) is 10.9 Å². The summed E-state index contributed by atoms with van der Waals surface area (Å²) in [6.45, 7) is 2.51. The molecule has 0 unspecified atom stereocenters. The van der Waals surface area contributed by atoms with E-state index in [1.807, 2.05) is 31.2 Å². The first kappa shape index (κ1) is 15.3. The van der Waals surface area contributed by atoms with Crippen LogP contribution in [-0.2, 0) is 13.2 Å². The van der Waals surface area contributed by atoms with Crippen LogP contribution in [0.2, 0.25) is 0 Å². The molecule has 5 rings (SSSR count). The highest BCUT2D eigenvalue weighted by atomic mass is 16.7. The van der Waals surface area contributed by atoms with Gasteiger partial charge in [-0.05, 0) is 52.8 Å². The normalized spacial score (nSPS) is 14.0. The summed E-state index contributed by atoms with van der Waals surface area (Å²) in [5, 5.41) is 12.1. The summed E-state index contributed by atoms with van der Waals surface area (Å²) >= 11 is 0. The van der Waals surface area contributed by atoms with Gasteiger partial charge in [0.15, 0.2) is 23.0 Å². The Morgan fingerprint density at radius 2 is 1.96 bits per heavy atom. The smallest absolute Gasteiger partial charge is 0.231 e. The molecule has 0 fully saturated rings. The number of ether oxygens (including phenoxy) is 4. The van der Waals surface area contributed by atoms with Crippen molar-refractivity contribution in [1.29, 1.82) is 0 Å². The van der Waals surface area contributed by atoms with Crippen molar-refractivity contribution in [3.05, 3.63) is 47.0 Å². The molecule has 0 aliphatic carbocycles. The van der Waals surface area contributed by atoms with E-state index in [4.69, 9.17) is 18.9 Å². The minimum absolute atomic E-state index is 0.0539. The number of hydrogen-bond donors (Lipinski definition) is 1. The second kappa shape index (κ2) is 5.54. The molecule has 132 valence electrons. The maximum absolute atomic E-state index is 10.1. The highest BCUT2D eigenvalue weighted by Gasteiger charge is 2.29. The lowest BCUT2D eigenvalue weighted by atomic mass is 9.88. The predicted molar refractivity (Wildman–Crippen MR) is 97.1 cm³/mol. The lowest BCUT2D eigenvalue weighted by Crippen LogP contribution is -1.99. The van der Waals surface area contributed by atoms with Crippen molar-refractivity contribution < 1.29 is 24.1 Å². The summed E-state index contributed by atoms with van der Waals surface area (Å²) in [5.74, 6) is 2.80. The fraction of sp³-hybridized carbons (Fsp3) is 0.238. The van der Waals surface area contributed by atoms with Crippen LogP contribution in [0, 0.1) is 6.92 Å². The summed E-state index contributed by atoms with van der Waals surface area (Å²) in [6.07, 6.45) is 0. The van der Waals surface area contributed by atoms with Crippen LogP contribution in [0.3, 0.4) is 0 Å². The number of aliphatic hydroxyl groups is 1. The van der Waals surface area contributed by atoms with E-state index in [2.05, 4.69) is 6.07 Å². The Hall–Kier alpha value is -2.92. The van der Waals surface area contributed by atoms with Crippen LogP contribution in [0.1, 0.15) is 16.7 Å². The van der Waals surface area contributed by atoms with Gasteiger partial charge in [-0.1, -0.05) is 12.1 Å². The van der Waals surface area contributed by atoms with Crippen LogP contribution in [0.25, 0.3) is 21.9 Å². The van der Waals surface area contributed by atoms with E-state index in [9.17, 15) is 5.11 Å². The third kappa shape index (κ3) is 1.95. The van der Waals surface area contributed by atoms with Crippen LogP contribution in [0.5, 0.6) is 23.0 Å². The fourth-order valence-electron chi connectivity index (χ4n) is 3.98. The van der Waals surface area contributed by atoms with Crippen LogP contribution in [-0.4, -0.2) is 19.0 Å². The van der Waals surface area contributed by atoms with Gasteiger partial charge in [-0.25, -0.2) is 0 Å². The molecule has 26 heavy (non-hydrogen) atoms. The van der Waals surface area contributed by atoms with Gasteiger partial charge in [0.1, 0.15) is 6.61 Å². The van der Waals surface area contributed by atoms with Crippen molar-refractivity contribution in [2.75, 3.05) is 13.9 Å². The van der Waals surface area contributed by atoms with Crippen molar-refractivity contribution in [2.45, 2.75) is 20.1 Å². The highest BCUT2D eigenvalue weighted by Crippen LogP contribution is 2.51. The molecular weight excluding hydrogens is 332 g/mol. The topological polar surface area (TPSA) is 57.2 Å². The molecule has 1 N–H and O–H groups in total. The van der Waals surface area contributed by atoms with E-state index >= 15 is 0 Å². The number of rotatable bonds is 2. The van der Waals surface area contributed by atoms with E-state index in [-0.39, 0.29) is 13.4 Å². The van der Waals surface area contributed by atoms with E-state index in [1.165, 1.54) is 0 Å². The molecule has 3 aromatic rings. The van der Waals surface area contributed by atoms with Gasteiger partial charge >= 0.3 is 0 Å². The van der Waals surface area contributed by atoms with Crippen LogP contribution in [0.4, 0.5) is 0 Å². The molecule has 0 atom stereocenters. The maximum Gasteiger partial charge on any atom is 0.231 e. The Morgan fingerprint density at radius 3 is 2.77 bits per heavy atom. The van der Waals surface area contributed by atoms with E-state index < -0.39 is 0 Å². The van der Waals surface area contributed by atoms with Gasteiger partial charge in [0.2, 0.25) is 6.79 Å². The van der Waals surface area contributed by atoms with Crippen LogP contribution in [0.15, 0.2) is 30.3 Å². The lowest BCUT2D eigenvalue weighted by Gasteiger charge is -2.17. The lowest BCUT2D eigenvalue weighted by molar-refractivity contribution is 0.171. The van der Waals surface area contributed by atoms with Gasteiger partial charge in [-0.2, -0.15) is 0 Å². The standard InChI is InChI=1S/C21H18O5/c1-11-7-12-3-5-16(23-2)21-18(12)19(14(11)8-22)13-4-6-17-20(26-10-25-17)15(13)9-24-21/h3-7,22H,8-10H2,1-2H3. The molecule has 0 saturated carbocycles. The van der Waals surface area contributed by atoms with Gasteiger partial charge in [0.25, 0.3) is 0 Å². The number of aliphatic hydroxyl groups excluding tert-OH is 1. The fourth-order valence-corrected chi connectivity index (χ4v) is 3.98. The minimum atomic E-state index is -0.0539. The first-order chi connectivity index (χ1) is 12.7. The molecule has 5 heteroatoms. The van der Waals surface area contributed by atoms with Crippen molar-refractivity contribution >= 4 is 10.8 Å². The zero-order chi connectivity index (χ0) is 17.8. The average molecular weight is 350 g/mol. The van der Waals surface area contributed by atoms with E-state index in [0.29, 0.717) is 23.9 Å². The van der Waals surface area contributed by atoms with Crippen molar-refractivity contribution in [2.24, 2.45) is 0 Å². The van der Waals surface area contributed by atoms with Crippen molar-refractivity contribution in [1.82, 2.24) is 0 Å². The Kier molecular flexibility index (Phi) is 3.27. The average Bonchev–Trinajstić information content (AvgIpc) is 3.07. The molecule has 2 heterocycles. The predicted octanol–water partition coefficient (Wildman–Crippen LogP) is 3.94. The molecule has 2 aliphatic rings. The molecule has 0 bridgehead atoms. The minimum Gasteiger partial charge on any atom is -0.493 e. The third-order valence-corrected chi connectivity index (χ3v) is 5.20. The van der Waals surface area contributed by atoms with Crippen molar-refractivity contribution in [3.8, 4) is 34.1 Å². The number of benzene rings is 3. The quantitative estimate of drug-likeness (QED) is 0.759. The summed E-state index contributed by atoms with van der Waals surface area (Å²) in [5.41, 5.74) is 4.83. The first-order valence-electron chi connectivity index (χ1n) is 8.51. The second-order valence-corrected chi connectivity index (χ2v) is 6.51. The molecule has 2 aliphatic heterocycles. The Bertz CT molecular complexity index is 1050. The monoisotopic (exact) mass is 350 g/mol. The molecule has 5 nitrogen and oxygen atoms in total. The van der Waals surface area contributed by atoms with Gasteiger partial charge in [-0.15, -0.1) is 0 Å². The molecule has 0 spiro atoms. The third-order valence-electron chi connectivity index (χ3n) is 5.20. The largest absolute Gasteiger partial charge is 0.493 e. The Balaban J connectivity index is 1.95. The van der Waals surface area contributed by atoms with Crippen molar-refractivity contribution in [3.63, 3.8) is 0 Å². The molecule has 0 amide bonds. The second-order valence-electron chi connectivity index (χ2n) is 6.51. The number of aryl methyl sites for hydroxylation is 1. The Labute approximate surface area is 150 Å². The summed E-state index contributed by atoms with van der Waals surface area (Å²) in [4.78, 5) is 0. The first-order valence-corrected chi connectivity index (χ1v) is 8.51. The zero-order valence-corrected chi connectivity index (χ0v) is 14.6. The molecule has 0 saturated heterocycles. The molecule has 0 aromatic heterocycles. The molecular formula is C21H18O5. The van der Waals surface area contributed by atoms with Crippen LogP contribution >= 0.6 is 0 Å². The Morgan fingerprint density at radius 1 is 1.08 bits per heavy atom.